The molecule has 0 saturated carbocycles. The fourth-order valence-electron chi connectivity index (χ4n) is 2.34. The van der Waals surface area contributed by atoms with Crippen molar-refractivity contribution in [3.8, 4) is 0 Å². The molecule has 4 heteroatoms. The molecule has 1 aliphatic heterocycles. The highest BCUT2D eigenvalue weighted by Crippen LogP contribution is 2.32. The third-order valence-corrected chi connectivity index (χ3v) is 3.04. The molecule has 2 nitrogen and oxygen atoms in total. The van der Waals surface area contributed by atoms with Crippen LogP contribution in [0.2, 0.25) is 0 Å². The van der Waals surface area contributed by atoms with E-state index in [1.54, 1.807) is 0 Å². The van der Waals surface area contributed by atoms with Crippen LogP contribution in [0.3, 0.4) is 0 Å². The minimum atomic E-state index is -0.368. The van der Waals surface area contributed by atoms with E-state index in [4.69, 9.17) is 0 Å². The summed E-state index contributed by atoms with van der Waals surface area (Å²) in [6.45, 7) is 1.64. The summed E-state index contributed by atoms with van der Waals surface area (Å²) in [5, 5.41) is 3.05. The van der Waals surface area contributed by atoms with E-state index in [1.807, 2.05) is 7.05 Å². The van der Waals surface area contributed by atoms with Crippen molar-refractivity contribution in [2.45, 2.75) is 18.9 Å². The molecule has 1 fully saturated rings. The second-order valence-electron chi connectivity index (χ2n) is 4.15. The van der Waals surface area contributed by atoms with Crippen molar-refractivity contribution >= 4 is 0 Å². The summed E-state index contributed by atoms with van der Waals surface area (Å²) in [4.78, 5) is 2.14. The van der Waals surface area contributed by atoms with Gasteiger partial charge in [0.2, 0.25) is 0 Å². The Balaban J connectivity index is 2.25. The lowest BCUT2D eigenvalue weighted by Gasteiger charge is -2.24. The summed E-state index contributed by atoms with van der Waals surface area (Å²) in [6, 6.07) is 3.69. The normalized spacial score (nSPS) is 21.6. The first-order valence-electron chi connectivity index (χ1n) is 5.56. The molecular formula is C12H16F2N2. The van der Waals surface area contributed by atoms with Crippen LogP contribution in [0.25, 0.3) is 0 Å². The number of hydrogen-bond acceptors (Lipinski definition) is 2. The predicted molar refractivity (Wildman–Crippen MR) is 59.0 cm³/mol. The maximum Gasteiger partial charge on any atom is 0.128 e. The molecule has 1 saturated heterocycles. The number of hydrogen-bond donors (Lipinski definition) is 1. The van der Waals surface area contributed by atoms with Gasteiger partial charge in [0.1, 0.15) is 11.6 Å². The Morgan fingerprint density at radius 2 is 2.25 bits per heavy atom. The van der Waals surface area contributed by atoms with Gasteiger partial charge in [-0.1, -0.05) is 0 Å². The predicted octanol–water partition coefficient (Wildman–Crippen LogP) is 2.28. The highest BCUT2D eigenvalue weighted by Gasteiger charge is 2.27. The minimum Gasteiger partial charge on any atom is -0.307 e. The van der Waals surface area contributed by atoms with E-state index in [0.717, 1.165) is 25.5 Å². The Morgan fingerprint density at radius 3 is 3.00 bits per heavy atom. The van der Waals surface area contributed by atoms with E-state index in [2.05, 4.69) is 10.2 Å². The SMILES string of the molecule is CNCN1CCC[C@@H]1c1cc(F)ccc1F. The largest absolute Gasteiger partial charge is 0.307 e. The Hall–Kier alpha value is -1.00. The Morgan fingerprint density at radius 1 is 1.44 bits per heavy atom. The van der Waals surface area contributed by atoms with Crippen LogP contribution in [0.1, 0.15) is 24.4 Å². The van der Waals surface area contributed by atoms with E-state index in [0.29, 0.717) is 12.2 Å². The van der Waals surface area contributed by atoms with Gasteiger partial charge >= 0.3 is 0 Å². The van der Waals surface area contributed by atoms with Crippen LogP contribution in [0.15, 0.2) is 18.2 Å². The zero-order valence-electron chi connectivity index (χ0n) is 9.34. The number of nitrogens with zero attached hydrogens (tertiary/aromatic N) is 1. The van der Waals surface area contributed by atoms with Gasteiger partial charge in [-0.3, -0.25) is 4.90 Å². The van der Waals surface area contributed by atoms with Crippen LogP contribution in [0, 0.1) is 11.6 Å². The maximum atomic E-state index is 13.6. The van der Waals surface area contributed by atoms with Gasteiger partial charge in [-0.2, -0.15) is 0 Å². The highest BCUT2D eigenvalue weighted by molar-refractivity contribution is 5.23. The van der Waals surface area contributed by atoms with Crippen LogP contribution in [0.5, 0.6) is 0 Å². The Kier molecular flexibility index (Phi) is 3.51. The molecule has 0 amide bonds. The van der Waals surface area contributed by atoms with Crippen molar-refractivity contribution < 1.29 is 8.78 Å². The van der Waals surface area contributed by atoms with Gasteiger partial charge < -0.3 is 5.32 Å². The van der Waals surface area contributed by atoms with Gasteiger partial charge in [0.25, 0.3) is 0 Å². The van der Waals surface area contributed by atoms with E-state index in [-0.39, 0.29) is 17.7 Å². The van der Waals surface area contributed by atoms with Crippen molar-refractivity contribution in [2.24, 2.45) is 0 Å². The average Bonchev–Trinajstić information content (AvgIpc) is 2.70. The van der Waals surface area contributed by atoms with Gasteiger partial charge in [-0.15, -0.1) is 0 Å². The molecule has 0 unspecified atom stereocenters. The van der Waals surface area contributed by atoms with Gasteiger partial charge in [0.05, 0.1) is 0 Å². The zero-order valence-corrected chi connectivity index (χ0v) is 9.34. The van der Waals surface area contributed by atoms with Crippen molar-refractivity contribution in [1.29, 1.82) is 0 Å². The second-order valence-corrected chi connectivity index (χ2v) is 4.15. The summed E-state index contributed by atoms with van der Waals surface area (Å²) in [5.74, 6) is -0.679. The number of benzene rings is 1. The molecule has 1 N–H and O–H groups in total. The highest BCUT2D eigenvalue weighted by atomic mass is 19.1. The quantitative estimate of drug-likeness (QED) is 0.850. The average molecular weight is 226 g/mol. The first-order chi connectivity index (χ1) is 7.72. The first kappa shape index (κ1) is 11.5. The topological polar surface area (TPSA) is 15.3 Å². The molecule has 0 spiro atoms. The van der Waals surface area contributed by atoms with Gasteiger partial charge in [-0.05, 0) is 38.1 Å². The zero-order chi connectivity index (χ0) is 11.5. The Labute approximate surface area is 94.3 Å². The molecule has 1 aromatic carbocycles. The molecular weight excluding hydrogens is 210 g/mol. The van der Waals surface area contributed by atoms with Crippen LogP contribution >= 0.6 is 0 Å². The number of rotatable bonds is 3. The fourth-order valence-corrected chi connectivity index (χ4v) is 2.34. The van der Waals surface area contributed by atoms with E-state index in [1.165, 1.54) is 12.1 Å². The Bertz CT molecular complexity index is 368. The summed E-state index contributed by atoms with van der Waals surface area (Å²) >= 11 is 0. The van der Waals surface area contributed by atoms with E-state index in [9.17, 15) is 8.78 Å². The summed E-state index contributed by atoms with van der Waals surface area (Å²) in [6.07, 6.45) is 1.92. The van der Waals surface area contributed by atoms with Gasteiger partial charge in [0.15, 0.2) is 0 Å². The van der Waals surface area contributed by atoms with Crippen molar-refractivity contribution in [1.82, 2.24) is 10.2 Å². The second kappa shape index (κ2) is 4.89. The summed E-state index contributed by atoms with van der Waals surface area (Å²) in [7, 11) is 1.86. The molecule has 0 radical (unpaired) electrons. The third kappa shape index (κ3) is 2.23. The lowest BCUT2D eigenvalue weighted by Crippen LogP contribution is -2.32. The molecule has 1 atom stereocenters. The maximum absolute atomic E-state index is 13.6. The molecule has 88 valence electrons. The van der Waals surface area contributed by atoms with Crippen LogP contribution in [-0.4, -0.2) is 25.2 Å². The minimum absolute atomic E-state index is 0.00292. The van der Waals surface area contributed by atoms with Crippen molar-refractivity contribution in [2.75, 3.05) is 20.3 Å². The fraction of sp³-hybridized carbons (Fsp3) is 0.500. The molecule has 16 heavy (non-hydrogen) atoms. The smallest absolute Gasteiger partial charge is 0.128 e. The molecule has 0 bridgehead atoms. The molecule has 1 aromatic rings. The first-order valence-corrected chi connectivity index (χ1v) is 5.56. The number of halogens is 2. The molecule has 1 aliphatic rings. The van der Waals surface area contributed by atoms with Gasteiger partial charge in [-0.25, -0.2) is 8.78 Å². The van der Waals surface area contributed by atoms with Crippen molar-refractivity contribution in [3.63, 3.8) is 0 Å². The van der Waals surface area contributed by atoms with E-state index >= 15 is 0 Å². The molecule has 0 aromatic heterocycles. The van der Waals surface area contributed by atoms with E-state index < -0.39 is 0 Å². The number of nitrogens with one attached hydrogen (secondary N) is 1. The lowest BCUT2D eigenvalue weighted by atomic mass is 10.0. The summed E-state index contributed by atoms with van der Waals surface area (Å²) < 4.78 is 26.7. The lowest BCUT2D eigenvalue weighted by molar-refractivity contribution is 0.239. The third-order valence-electron chi connectivity index (χ3n) is 3.04. The standard InChI is InChI=1S/C12H16F2N2/c1-15-8-16-6-2-3-12(16)10-7-9(13)4-5-11(10)14/h4-5,7,12,15H,2-3,6,8H2,1H3/t12-/m1/s1. The van der Waals surface area contributed by atoms with Gasteiger partial charge in [0, 0.05) is 24.8 Å². The number of likely N-dealkylation sites (tertiary alicyclic amines) is 1. The molecule has 2 rings (SSSR count). The van der Waals surface area contributed by atoms with Crippen LogP contribution in [0.4, 0.5) is 8.78 Å². The summed E-state index contributed by atoms with van der Waals surface area (Å²) in [5.41, 5.74) is 0.479. The monoisotopic (exact) mass is 226 g/mol. The molecule has 0 aliphatic carbocycles. The van der Waals surface area contributed by atoms with Crippen LogP contribution in [-0.2, 0) is 0 Å². The molecule has 1 heterocycles. The van der Waals surface area contributed by atoms with Crippen molar-refractivity contribution in [3.05, 3.63) is 35.4 Å². The van der Waals surface area contributed by atoms with Crippen LogP contribution < -0.4 is 5.32 Å².